The molecule has 3 nitrogen and oxygen atoms in total. The van der Waals surface area contributed by atoms with Crippen LogP contribution in [0, 0.1) is 5.92 Å². The molecule has 0 aliphatic carbocycles. The molecule has 0 amide bonds. The van der Waals surface area contributed by atoms with E-state index in [9.17, 15) is 0 Å². The summed E-state index contributed by atoms with van der Waals surface area (Å²) in [4.78, 5) is 4.22. The van der Waals surface area contributed by atoms with Gasteiger partial charge < -0.3 is 10.5 Å². The molecule has 0 bridgehead atoms. The lowest BCUT2D eigenvalue weighted by Gasteiger charge is -2.10. The number of hydrogen-bond donors (Lipinski definition) is 1. The topological polar surface area (TPSA) is 48.1 Å². The molecule has 0 saturated carbocycles. The first-order chi connectivity index (χ1) is 7.18. The zero-order valence-electron chi connectivity index (χ0n) is 8.86. The van der Waals surface area contributed by atoms with Crippen LogP contribution in [-0.4, -0.2) is 11.6 Å². The molecule has 80 valence electrons. The van der Waals surface area contributed by atoms with Crippen molar-refractivity contribution in [3.05, 3.63) is 17.6 Å². The van der Waals surface area contributed by atoms with Crippen LogP contribution >= 0.6 is 11.3 Å². The van der Waals surface area contributed by atoms with E-state index in [2.05, 4.69) is 18.8 Å². The monoisotopic (exact) mass is 222 g/mol. The first-order valence-corrected chi connectivity index (χ1v) is 5.81. The lowest BCUT2D eigenvalue weighted by atomic mass is 10.2. The highest BCUT2D eigenvalue weighted by atomic mass is 32.1. The van der Waals surface area contributed by atoms with Crippen molar-refractivity contribution in [1.29, 1.82) is 0 Å². The Morgan fingerprint density at radius 1 is 1.47 bits per heavy atom. The maximum absolute atomic E-state index is 5.97. The molecule has 0 fully saturated rings. The fourth-order valence-corrected chi connectivity index (χ4v) is 2.01. The summed E-state index contributed by atoms with van der Waals surface area (Å²) in [6.45, 7) is 4.90. The van der Waals surface area contributed by atoms with Gasteiger partial charge in [-0.15, -0.1) is 11.3 Å². The summed E-state index contributed by atoms with van der Waals surface area (Å²) in [5.41, 5.74) is 9.26. The smallest absolute Gasteiger partial charge is 0.144 e. The number of hydrogen-bond acceptors (Lipinski definition) is 4. The average molecular weight is 222 g/mol. The molecule has 2 aromatic rings. The van der Waals surface area contributed by atoms with Crippen molar-refractivity contribution in [2.75, 3.05) is 12.3 Å². The van der Waals surface area contributed by atoms with E-state index < -0.39 is 0 Å². The van der Waals surface area contributed by atoms with Gasteiger partial charge in [-0.05, 0) is 18.1 Å². The third-order valence-corrected chi connectivity index (χ3v) is 2.87. The number of aromatic nitrogens is 1. The largest absolute Gasteiger partial charge is 0.491 e. The number of rotatable bonds is 3. The Hall–Kier alpha value is -1.29. The van der Waals surface area contributed by atoms with E-state index in [1.165, 1.54) is 0 Å². The molecule has 4 heteroatoms. The summed E-state index contributed by atoms with van der Waals surface area (Å²) in [5.74, 6) is 1.23. The van der Waals surface area contributed by atoms with Crippen molar-refractivity contribution in [3.8, 4) is 5.75 Å². The van der Waals surface area contributed by atoms with Crippen molar-refractivity contribution >= 4 is 27.2 Å². The third-order valence-electron chi connectivity index (χ3n) is 2.07. The molecular weight excluding hydrogens is 208 g/mol. The second kappa shape index (κ2) is 4.06. The van der Waals surface area contributed by atoms with Gasteiger partial charge in [0.2, 0.25) is 0 Å². The summed E-state index contributed by atoms with van der Waals surface area (Å²) in [5, 5.41) is 0. The molecule has 1 heterocycles. The highest BCUT2D eigenvalue weighted by molar-refractivity contribution is 7.16. The average Bonchev–Trinajstić information content (AvgIpc) is 2.65. The first kappa shape index (κ1) is 10.2. The van der Waals surface area contributed by atoms with E-state index in [0.717, 1.165) is 16.0 Å². The Kier molecular flexibility index (Phi) is 2.77. The van der Waals surface area contributed by atoms with Crippen LogP contribution in [-0.2, 0) is 0 Å². The molecule has 1 aromatic carbocycles. The molecule has 1 aromatic heterocycles. The van der Waals surface area contributed by atoms with Crippen LogP contribution in [0.4, 0.5) is 5.69 Å². The van der Waals surface area contributed by atoms with E-state index in [4.69, 9.17) is 10.5 Å². The van der Waals surface area contributed by atoms with Crippen molar-refractivity contribution in [3.63, 3.8) is 0 Å². The van der Waals surface area contributed by atoms with Gasteiger partial charge in [0.05, 0.1) is 16.8 Å². The number of nitrogen functional groups attached to an aromatic ring is 1. The molecule has 2 N–H and O–H groups in total. The van der Waals surface area contributed by atoms with Crippen LogP contribution in [0.1, 0.15) is 13.8 Å². The second-order valence-electron chi connectivity index (χ2n) is 3.88. The molecule has 0 aliphatic rings. The quantitative estimate of drug-likeness (QED) is 0.812. The fourth-order valence-electron chi connectivity index (χ4n) is 1.32. The lowest BCUT2D eigenvalue weighted by molar-refractivity contribution is 0.272. The highest BCUT2D eigenvalue weighted by Gasteiger charge is 2.08. The van der Waals surface area contributed by atoms with E-state index in [1.54, 1.807) is 16.8 Å². The van der Waals surface area contributed by atoms with E-state index in [-0.39, 0.29) is 0 Å². The summed E-state index contributed by atoms with van der Waals surface area (Å²) >= 11 is 1.59. The van der Waals surface area contributed by atoms with Crippen molar-refractivity contribution in [2.24, 2.45) is 5.92 Å². The number of anilines is 1. The van der Waals surface area contributed by atoms with Gasteiger partial charge in [-0.2, -0.15) is 0 Å². The van der Waals surface area contributed by atoms with Gasteiger partial charge >= 0.3 is 0 Å². The van der Waals surface area contributed by atoms with Crippen LogP contribution in [0.2, 0.25) is 0 Å². The first-order valence-electron chi connectivity index (χ1n) is 4.93. The fraction of sp³-hybridized carbons (Fsp3) is 0.364. The molecule has 0 atom stereocenters. The summed E-state index contributed by atoms with van der Waals surface area (Å²) in [6, 6.07) is 3.91. The highest BCUT2D eigenvalue weighted by Crippen LogP contribution is 2.31. The van der Waals surface area contributed by atoms with E-state index >= 15 is 0 Å². The van der Waals surface area contributed by atoms with Crippen LogP contribution in [0.5, 0.6) is 5.75 Å². The lowest BCUT2D eigenvalue weighted by Crippen LogP contribution is -2.06. The van der Waals surface area contributed by atoms with Gasteiger partial charge in [0.25, 0.3) is 0 Å². The summed E-state index contributed by atoms with van der Waals surface area (Å²) in [6.07, 6.45) is 0. The normalized spacial score (nSPS) is 11.1. The minimum atomic E-state index is 0.496. The number of fused-ring (bicyclic) bond motifs is 1. The van der Waals surface area contributed by atoms with Crippen molar-refractivity contribution in [1.82, 2.24) is 4.98 Å². The van der Waals surface area contributed by atoms with Gasteiger partial charge in [-0.25, -0.2) is 4.98 Å². The number of nitrogens with zero attached hydrogens (tertiary/aromatic N) is 1. The number of ether oxygens (including phenoxy) is 1. The molecule has 0 unspecified atom stereocenters. The molecule has 0 saturated heterocycles. The van der Waals surface area contributed by atoms with Gasteiger partial charge in [0, 0.05) is 0 Å². The zero-order valence-corrected chi connectivity index (χ0v) is 9.67. The van der Waals surface area contributed by atoms with Crippen molar-refractivity contribution in [2.45, 2.75) is 13.8 Å². The Labute approximate surface area is 92.9 Å². The molecule has 0 radical (unpaired) electrons. The summed E-state index contributed by atoms with van der Waals surface area (Å²) in [7, 11) is 0. The minimum absolute atomic E-state index is 0.496. The van der Waals surface area contributed by atoms with Crippen LogP contribution in [0.25, 0.3) is 10.2 Å². The SMILES string of the molecule is CC(C)COc1ccc2scnc2c1N. The van der Waals surface area contributed by atoms with Gasteiger partial charge in [-0.1, -0.05) is 13.8 Å². The van der Waals surface area contributed by atoms with Crippen LogP contribution in [0.15, 0.2) is 17.6 Å². The van der Waals surface area contributed by atoms with Gasteiger partial charge in [-0.3, -0.25) is 0 Å². The maximum Gasteiger partial charge on any atom is 0.144 e. The summed E-state index contributed by atoms with van der Waals surface area (Å²) < 4.78 is 6.72. The maximum atomic E-state index is 5.97. The molecule has 2 rings (SSSR count). The molecular formula is C11H14N2OS. The number of benzene rings is 1. The molecule has 0 aliphatic heterocycles. The standard InChI is InChI=1S/C11H14N2OS/c1-7(2)5-14-8-3-4-9-11(10(8)12)13-6-15-9/h3-4,6-7H,5,12H2,1-2H3. The number of nitrogens with two attached hydrogens (primary N) is 1. The Bertz CT molecular complexity index is 465. The molecule has 15 heavy (non-hydrogen) atoms. The Balaban J connectivity index is 2.31. The third kappa shape index (κ3) is 2.04. The Morgan fingerprint density at radius 2 is 2.27 bits per heavy atom. The molecule has 0 spiro atoms. The zero-order chi connectivity index (χ0) is 10.8. The number of thiazole rings is 1. The minimum Gasteiger partial charge on any atom is -0.491 e. The van der Waals surface area contributed by atoms with E-state index in [1.807, 2.05) is 12.1 Å². The van der Waals surface area contributed by atoms with E-state index in [0.29, 0.717) is 18.2 Å². The van der Waals surface area contributed by atoms with Crippen molar-refractivity contribution < 1.29 is 4.74 Å². The Morgan fingerprint density at radius 3 is 3.00 bits per heavy atom. The predicted octanol–water partition coefficient (Wildman–Crippen LogP) is 2.91. The van der Waals surface area contributed by atoms with Crippen LogP contribution < -0.4 is 10.5 Å². The second-order valence-corrected chi connectivity index (χ2v) is 4.77. The van der Waals surface area contributed by atoms with Gasteiger partial charge in [0.1, 0.15) is 17.0 Å². The van der Waals surface area contributed by atoms with Gasteiger partial charge in [0.15, 0.2) is 0 Å². The predicted molar refractivity (Wildman–Crippen MR) is 64.4 cm³/mol. The van der Waals surface area contributed by atoms with Crippen LogP contribution in [0.3, 0.4) is 0 Å².